The van der Waals surface area contributed by atoms with Gasteiger partial charge in [-0.1, -0.05) is 18.1 Å². The quantitative estimate of drug-likeness (QED) is 0.802. The summed E-state index contributed by atoms with van der Waals surface area (Å²) in [6.45, 7) is 3.98. The Morgan fingerprint density at radius 1 is 1.17 bits per heavy atom. The van der Waals surface area contributed by atoms with Gasteiger partial charge in [-0.15, -0.1) is 5.10 Å². The highest BCUT2D eigenvalue weighted by molar-refractivity contribution is 5.94. The van der Waals surface area contributed by atoms with Gasteiger partial charge in [0, 0.05) is 19.6 Å². The molecule has 0 unspecified atom stereocenters. The Hall–Kier alpha value is -2.44. The number of aryl methyl sites for hydroxylation is 1. The molecule has 1 fully saturated rings. The summed E-state index contributed by atoms with van der Waals surface area (Å²) in [6, 6.07) is 5.12. The standard InChI is InChI=1S/C17H22N4O3/c1-2-21-15-8-7-13(11-14(15)18-19-21)17(23)24-12-16(22)20-9-5-3-4-6-10-20/h7-8,11H,2-6,9-10,12H2,1H3. The van der Waals surface area contributed by atoms with E-state index in [1.165, 1.54) is 0 Å². The molecule has 0 spiro atoms. The maximum absolute atomic E-state index is 12.2. The van der Waals surface area contributed by atoms with E-state index in [1.807, 2.05) is 6.92 Å². The summed E-state index contributed by atoms with van der Waals surface area (Å²) in [5, 5.41) is 8.05. The Morgan fingerprint density at radius 2 is 1.92 bits per heavy atom. The van der Waals surface area contributed by atoms with Crippen molar-refractivity contribution in [2.45, 2.75) is 39.2 Å². The van der Waals surface area contributed by atoms with E-state index in [0.29, 0.717) is 17.6 Å². The number of carbonyl (C=O) groups excluding carboxylic acids is 2. The van der Waals surface area contributed by atoms with E-state index in [2.05, 4.69) is 10.3 Å². The number of amides is 1. The fourth-order valence-electron chi connectivity index (χ4n) is 2.95. The maximum atomic E-state index is 12.2. The van der Waals surface area contributed by atoms with Crippen molar-refractivity contribution in [2.75, 3.05) is 19.7 Å². The summed E-state index contributed by atoms with van der Waals surface area (Å²) >= 11 is 0. The highest BCUT2D eigenvalue weighted by Crippen LogP contribution is 2.15. The van der Waals surface area contributed by atoms with Gasteiger partial charge >= 0.3 is 5.97 Å². The number of carbonyl (C=O) groups is 2. The molecule has 128 valence electrons. The third-order valence-electron chi connectivity index (χ3n) is 4.33. The SMILES string of the molecule is CCn1nnc2cc(C(=O)OCC(=O)N3CCCCCC3)ccc21. The van der Waals surface area contributed by atoms with Gasteiger partial charge < -0.3 is 9.64 Å². The van der Waals surface area contributed by atoms with Crippen LogP contribution >= 0.6 is 0 Å². The summed E-state index contributed by atoms with van der Waals surface area (Å²) < 4.78 is 6.94. The normalized spacial score (nSPS) is 15.3. The van der Waals surface area contributed by atoms with Crippen molar-refractivity contribution < 1.29 is 14.3 Å². The predicted octanol–water partition coefficient (Wildman–Crippen LogP) is 2.01. The zero-order chi connectivity index (χ0) is 16.9. The molecule has 0 radical (unpaired) electrons. The average Bonchev–Trinajstić information content (AvgIpc) is 2.82. The van der Waals surface area contributed by atoms with Gasteiger partial charge in [-0.25, -0.2) is 9.48 Å². The zero-order valence-electron chi connectivity index (χ0n) is 13.9. The van der Waals surface area contributed by atoms with Crippen LogP contribution in [-0.4, -0.2) is 51.5 Å². The number of esters is 1. The first-order chi connectivity index (χ1) is 11.7. The summed E-state index contributed by atoms with van der Waals surface area (Å²) in [7, 11) is 0. The minimum atomic E-state index is -0.508. The van der Waals surface area contributed by atoms with Crippen LogP contribution in [-0.2, 0) is 16.1 Å². The molecule has 2 heterocycles. The van der Waals surface area contributed by atoms with Gasteiger partial charge in [0.1, 0.15) is 5.52 Å². The van der Waals surface area contributed by atoms with Crippen LogP contribution in [0.2, 0.25) is 0 Å². The molecule has 7 heteroatoms. The predicted molar refractivity (Wildman–Crippen MR) is 88.5 cm³/mol. The average molecular weight is 330 g/mol. The van der Waals surface area contributed by atoms with Crippen LogP contribution in [0.5, 0.6) is 0 Å². The van der Waals surface area contributed by atoms with Gasteiger partial charge in [-0.05, 0) is 38.0 Å². The van der Waals surface area contributed by atoms with Crippen molar-refractivity contribution in [3.05, 3.63) is 23.8 Å². The second kappa shape index (κ2) is 7.42. The number of nitrogens with zero attached hydrogens (tertiary/aromatic N) is 4. The molecular weight excluding hydrogens is 308 g/mol. The number of aromatic nitrogens is 3. The molecule has 1 amide bonds. The smallest absolute Gasteiger partial charge is 0.338 e. The van der Waals surface area contributed by atoms with Crippen molar-refractivity contribution >= 4 is 22.9 Å². The van der Waals surface area contributed by atoms with Crippen LogP contribution in [0, 0.1) is 0 Å². The third kappa shape index (κ3) is 3.55. The molecular formula is C17H22N4O3. The lowest BCUT2D eigenvalue weighted by molar-refractivity contribution is -0.134. The number of rotatable bonds is 4. The molecule has 0 N–H and O–H groups in total. The topological polar surface area (TPSA) is 77.3 Å². The second-order valence-corrected chi connectivity index (χ2v) is 5.98. The van der Waals surface area contributed by atoms with Gasteiger partial charge in [0.2, 0.25) is 0 Å². The van der Waals surface area contributed by atoms with Gasteiger partial charge in [-0.2, -0.15) is 0 Å². The molecule has 1 aromatic carbocycles. The Kier molecular flexibility index (Phi) is 5.08. The van der Waals surface area contributed by atoms with E-state index < -0.39 is 5.97 Å². The zero-order valence-corrected chi connectivity index (χ0v) is 13.9. The van der Waals surface area contributed by atoms with Crippen molar-refractivity contribution in [3.8, 4) is 0 Å². The fourth-order valence-corrected chi connectivity index (χ4v) is 2.95. The lowest BCUT2D eigenvalue weighted by Gasteiger charge is -2.19. The first-order valence-corrected chi connectivity index (χ1v) is 8.47. The number of ether oxygens (including phenoxy) is 1. The molecule has 1 aliphatic heterocycles. The molecule has 1 aliphatic rings. The Balaban J connectivity index is 1.61. The van der Waals surface area contributed by atoms with E-state index >= 15 is 0 Å². The molecule has 0 atom stereocenters. The molecule has 0 aliphatic carbocycles. The van der Waals surface area contributed by atoms with E-state index in [1.54, 1.807) is 27.8 Å². The monoisotopic (exact) mass is 330 g/mol. The van der Waals surface area contributed by atoms with E-state index in [9.17, 15) is 9.59 Å². The van der Waals surface area contributed by atoms with Crippen molar-refractivity contribution in [3.63, 3.8) is 0 Å². The second-order valence-electron chi connectivity index (χ2n) is 5.98. The Labute approximate surface area is 140 Å². The van der Waals surface area contributed by atoms with Crippen LogP contribution in [0.1, 0.15) is 43.0 Å². The minimum Gasteiger partial charge on any atom is -0.452 e. The molecule has 0 saturated carbocycles. The molecule has 0 bridgehead atoms. The van der Waals surface area contributed by atoms with Crippen LogP contribution < -0.4 is 0 Å². The van der Waals surface area contributed by atoms with Crippen LogP contribution in [0.3, 0.4) is 0 Å². The van der Waals surface area contributed by atoms with Crippen molar-refractivity contribution in [1.82, 2.24) is 19.9 Å². The van der Waals surface area contributed by atoms with Gasteiger partial charge in [0.25, 0.3) is 5.91 Å². The Bertz CT molecular complexity index is 733. The highest BCUT2D eigenvalue weighted by atomic mass is 16.5. The molecule has 1 saturated heterocycles. The third-order valence-corrected chi connectivity index (χ3v) is 4.33. The lowest BCUT2D eigenvalue weighted by atomic mass is 10.2. The van der Waals surface area contributed by atoms with Crippen LogP contribution in [0.15, 0.2) is 18.2 Å². The number of hydrogen-bond donors (Lipinski definition) is 0. The van der Waals surface area contributed by atoms with Crippen LogP contribution in [0.4, 0.5) is 0 Å². The van der Waals surface area contributed by atoms with E-state index in [4.69, 9.17) is 4.74 Å². The van der Waals surface area contributed by atoms with E-state index in [-0.39, 0.29) is 12.5 Å². The van der Waals surface area contributed by atoms with E-state index in [0.717, 1.165) is 44.3 Å². The van der Waals surface area contributed by atoms with Gasteiger partial charge in [-0.3, -0.25) is 4.79 Å². The fraction of sp³-hybridized carbons (Fsp3) is 0.529. The first-order valence-electron chi connectivity index (χ1n) is 8.47. The number of likely N-dealkylation sites (tertiary alicyclic amines) is 1. The van der Waals surface area contributed by atoms with Gasteiger partial charge in [0.05, 0.1) is 11.1 Å². The van der Waals surface area contributed by atoms with Gasteiger partial charge in [0.15, 0.2) is 6.61 Å². The van der Waals surface area contributed by atoms with Crippen molar-refractivity contribution in [1.29, 1.82) is 0 Å². The minimum absolute atomic E-state index is 0.122. The largest absolute Gasteiger partial charge is 0.452 e. The number of hydrogen-bond acceptors (Lipinski definition) is 5. The molecule has 24 heavy (non-hydrogen) atoms. The summed E-state index contributed by atoms with van der Waals surface area (Å²) in [6.07, 6.45) is 4.34. The highest BCUT2D eigenvalue weighted by Gasteiger charge is 2.18. The molecule has 1 aromatic heterocycles. The lowest BCUT2D eigenvalue weighted by Crippen LogP contribution is -2.35. The maximum Gasteiger partial charge on any atom is 0.338 e. The molecule has 2 aromatic rings. The van der Waals surface area contributed by atoms with Crippen LogP contribution in [0.25, 0.3) is 11.0 Å². The Morgan fingerprint density at radius 3 is 2.62 bits per heavy atom. The number of fused-ring (bicyclic) bond motifs is 1. The summed E-state index contributed by atoms with van der Waals surface area (Å²) in [4.78, 5) is 26.1. The first kappa shape index (κ1) is 16.4. The molecule has 3 rings (SSSR count). The van der Waals surface area contributed by atoms with Crippen molar-refractivity contribution in [2.24, 2.45) is 0 Å². The summed E-state index contributed by atoms with van der Waals surface area (Å²) in [5.41, 5.74) is 1.90. The number of benzene rings is 1. The summed E-state index contributed by atoms with van der Waals surface area (Å²) in [5.74, 6) is -0.630. The molecule has 7 nitrogen and oxygen atoms in total.